The van der Waals surface area contributed by atoms with Gasteiger partial charge < -0.3 is 16.2 Å². The number of carbonyl (C=O) groups is 1. The summed E-state index contributed by atoms with van der Waals surface area (Å²) >= 11 is 0. The fourth-order valence-electron chi connectivity index (χ4n) is 1.35. The number of benzene rings is 1. The molecule has 0 heterocycles. The first-order chi connectivity index (χ1) is 7.71. The predicted octanol–water partition coefficient (Wildman–Crippen LogP) is 2.43. The van der Waals surface area contributed by atoms with E-state index in [0.29, 0.717) is 5.69 Å². The van der Waals surface area contributed by atoms with Gasteiger partial charge in [0.25, 0.3) is 0 Å². The van der Waals surface area contributed by atoms with Crippen molar-refractivity contribution in [1.29, 1.82) is 0 Å². The molecule has 0 aliphatic heterocycles. The minimum atomic E-state index is -0.623. The molecule has 0 bridgehead atoms. The van der Waals surface area contributed by atoms with Gasteiger partial charge in [0.05, 0.1) is 11.7 Å². The molecule has 1 rings (SSSR count). The number of amides is 1. The molecule has 1 amide bonds. The van der Waals surface area contributed by atoms with Gasteiger partial charge in [-0.1, -0.05) is 26.8 Å². The third kappa shape index (κ3) is 4.20. The van der Waals surface area contributed by atoms with E-state index in [0.717, 1.165) is 5.56 Å². The molecule has 4 nitrogen and oxygen atoms in total. The molecule has 0 radical (unpaired) electrons. The number of anilines is 1. The van der Waals surface area contributed by atoms with Crippen LogP contribution in [0.15, 0.2) is 18.2 Å². The maximum absolute atomic E-state index is 11.9. The number of hydrogen-bond acceptors (Lipinski definition) is 3. The summed E-state index contributed by atoms with van der Waals surface area (Å²) in [5.74, 6) is -0.247. The first-order valence-electron chi connectivity index (χ1n) is 5.58. The number of nitrogens with two attached hydrogens (primary N) is 1. The van der Waals surface area contributed by atoms with E-state index < -0.39 is 6.04 Å². The lowest BCUT2D eigenvalue weighted by Gasteiger charge is -2.26. The number of aromatic hydroxyl groups is 1. The molecule has 1 aromatic rings. The minimum absolute atomic E-state index is 0. The van der Waals surface area contributed by atoms with E-state index in [1.165, 1.54) is 0 Å². The lowest BCUT2D eigenvalue weighted by molar-refractivity contribution is -0.119. The van der Waals surface area contributed by atoms with Gasteiger partial charge in [0.2, 0.25) is 5.91 Å². The summed E-state index contributed by atoms with van der Waals surface area (Å²) in [4.78, 5) is 11.9. The Hall–Kier alpha value is -1.26. The molecule has 0 spiro atoms. The molecule has 4 N–H and O–H groups in total. The molecule has 1 aromatic carbocycles. The number of hydrogen-bond donors (Lipinski definition) is 3. The lowest BCUT2D eigenvalue weighted by atomic mass is 9.87. The molecule has 0 fully saturated rings. The fourth-order valence-corrected chi connectivity index (χ4v) is 1.35. The highest BCUT2D eigenvalue weighted by Gasteiger charge is 2.27. The Labute approximate surface area is 114 Å². The number of halogens is 1. The van der Waals surface area contributed by atoms with Crippen LogP contribution in [0.3, 0.4) is 0 Å². The Morgan fingerprint density at radius 1 is 1.39 bits per heavy atom. The van der Waals surface area contributed by atoms with E-state index in [4.69, 9.17) is 5.73 Å². The Morgan fingerprint density at radius 3 is 2.44 bits per heavy atom. The standard InChI is InChI=1S/C13H20N2O2.ClH/c1-8-5-6-10(16)9(7-8)15-12(17)11(14)13(2,3)4;/h5-7,11,16H,14H2,1-4H3,(H,15,17);1H/t11-;/m1./s1. The van der Waals surface area contributed by atoms with Gasteiger partial charge in [-0.2, -0.15) is 0 Å². The molecule has 0 unspecified atom stereocenters. The zero-order valence-electron chi connectivity index (χ0n) is 11.2. The maximum atomic E-state index is 11.9. The van der Waals surface area contributed by atoms with Crippen molar-refractivity contribution in [2.24, 2.45) is 11.1 Å². The summed E-state index contributed by atoms with van der Waals surface area (Å²) in [6, 6.07) is 4.41. The number of carbonyl (C=O) groups excluding carboxylic acids is 1. The Morgan fingerprint density at radius 2 is 1.94 bits per heavy atom. The number of aryl methyl sites for hydroxylation is 1. The van der Waals surface area contributed by atoms with Crippen LogP contribution in [0.2, 0.25) is 0 Å². The van der Waals surface area contributed by atoms with Crippen molar-refractivity contribution in [2.75, 3.05) is 5.32 Å². The first kappa shape index (κ1) is 16.7. The smallest absolute Gasteiger partial charge is 0.241 e. The van der Waals surface area contributed by atoms with Gasteiger partial charge in [0.1, 0.15) is 5.75 Å². The van der Waals surface area contributed by atoms with E-state index in [2.05, 4.69) is 5.32 Å². The van der Waals surface area contributed by atoms with E-state index in [1.807, 2.05) is 27.7 Å². The number of nitrogens with one attached hydrogen (secondary N) is 1. The monoisotopic (exact) mass is 272 g/mol. The van der Waals surface area contributed by atoms with Gasteiger partial charge in [-0.05, 0) is 30.0 Å². The van der Waals surface area contributed by atoms with Crippen molar-refractivity contribution >= 4 is 24.0 Å². The summed E-state index contributed by atoms with van der Waals surface area (Å²) < 4.78 is 0. The predicted molar refractivity (Wildman–Crippen MR) is 76.2 cm³/mol. The SMILES string of the molecule is Cc1ccc(O)c(NC(=O)[C@@H](N)C(C)(C)C)c1.Cl. The van der Waals surface area contributed by atoms with Gasteiger partial charge in [-0.25, -0.2) is 0 Å². The third-order valence-corrected chi connectivity index (χ3v) is 2.63. The topological polar surface area (TPSA) is 75.3 Å². The van der Waals surface area contributed by atoms with Crippen molar-refractivity contribution in [3.05, 3.63) is 23.8 Å². The number of rotatable bonds is 2. The van der Waals surface area contributed by atoms with Crippen LogP contribution in [0, 0.1) is 12.3 Å². The van der Waals surface area contributed by atoms with Crippen LogP contribution in [0.1, 0.15) is 26.3 Å². The zero-order chi connectivity index (χ0) is 13.2. The van der Waals surface area contributed by atoms with Crippen molar-refractivity contribution in [3.63, 3.8) is 0 Å². The molecule has 0 aliphatic rings. The molecule has 0 saturated carbocycles. The van der Waals surface area contributed by atoms with Crippen molar-refractivity contribution in [2.45, 2.75) is 33.7 Å². The highest BCUT2D eigenvalue weighted by Crippen LogP contribution is 2.25. The molecule has 0 aliphatic carbocycles. The number of phenols is 1. The molecule has 18 heavy (non-hydrogen) atoms. The second-order valence-electron chi connectivity index (χ2n) is 5.35. The summed E-state index contributed by atoms with van der Waals surface area (Å²) in [5, 5.41) is 12.3. The van der Waals surface area contributed by atoms with E-state index >= 15 is 0 Å². The van der Waals surface area contributed by atoms with Crippen molar-refractivity contribution in [1.82, 2.24) is 0 Å². The average Bonchev–Trinajstić information content (AvgIpc) is 2.21. The zero-order valence-corrected chi connectivity index (χ0v) is 12.0. The second kappa shape index (κ2) is 6.07. The van der Waals surface area contributed by atoms with Gasteiger partial charge in [0.15, 0.2) is 0 Å². The third-order valence-electron chi connectivity index (χ3n) is 2.63. The quantitative estimate of drug-likeness (QED) is 0.724. The molecule has 0 saturated heterocycles. The van der Waals surface area contributed by atoms with Crippen LogP contribution < -0.4 is 11.1 Å². The fraction of sp³-hybridized carbons (Fsp3) is 0.462. The highest BCUT2D eigenvalue weighted by molar-refractivity contribution is 5.96. The average molecular weight is 273 g/mol. The second-order valence-corrected chi connectivity index (χ2v) is 5.35. The molecular formula is C13H21ClN2O2. The van der Waals surface area contributed by atoms with E-state index in [-0.39, 0.29) is 29.5 Å². The lowest BCUT2D eigenvalue weighted by Crippen LogP contribution is -2.45. The number of phenolic OH excluding ortho intramolecular Hbond substituents is 1. The van der Waals surface area contributed by atoms with Gasteiger partial charge >= 0.3 is 0 Å². The minimum Gasteiger partial charge on any atom is -0.506 e. The molecule has 0 aromatic heterocycles. The van der Waals surface area contributed by atoms with Gasteiger partial charge in [0, 0.05) is 0 Å². The van der Waals surface area contributed by atoms with Crippen LogP contribution in [-0.2, 0) is 4.79 Å². The summed E-state index contributed by atoms with van der Waals surface area (Å²) in [6.07, 6.45) is 0. The van der Waals surface area contributed by atoms with Crippen LogP contribution in [0.5, 0.6) is 5.75 Å². The van der Waals surface area contributed by atoms with Crippen LogP contribution in [0.25, 0.3) is 0 Å². The van der Waals surface area contributed by atoms with E-state index in [1.54, 1.807) is 18.2 Å². The Kier molecular flexibility index (Phi) is 5.64. The summed E-state index contributed by atoms with van der Waals surface area (Å²) in [5.41, 5.74) is 6.88. The van der Waals surface area contributed by atoms with Crippen molar-refractivity contribution < 1.29 is 9.90 Å². The van der Waals surface area contributed by atoms with Crippen LogP contribution in [-0.4, -0.2) is 17.1 Å². The normalized spacial score (nSPS) is 12.5. The van der Waals surface area contributed by atoms with E-state index in [9.17, 15) is 9.90 Å². The van der Waals surface area contributed by atoms with Gasteiger partial charge in [-0.3, -0.25) is 4.79 Å². The summed E-state index contributed by atoms with van der Waals surface area (Å²) in [7, 11) is 0. The maximum Gasteiger partial charge on any atom is 0.241 e. The van der Waals surface area contributed by atoms with Crippen molar-refractivity contribution in [3.8, 4) is 5.75 Å². The molecule has 1 atom stereocenters. The largest absolute Gasteiger partial charge is 0.506 e. The van der Waals surface area contributed by atoms with Gasteiger partial charge in [-0.15, -0.1) is 12.4 Å². The molecule has 102 valence electrons. The summed E-state index contributed by atoms with van der Waals surface area (Å²) in [6.45, 7) is 7.58. The van der Waals surface area contributed by atoms with Crippen LogP contribution >= 0.6 is 12.4 Å². The molecular weight excluding hydrogens is 252 g/mol. The molecule has 5 heteroatoms. The van der Waals surface area contributed by atoms with Crippen LogP contribution in [0.4, 0.5) is 5.69 Å². The highest BCUT2D eigenvalue weighted by atomic mass is 35.5. The first-order valence-corrected chi connectivity index (χ1v) is 5.58. The Bertz CT molecular complexity index is 427. The Balaban J connectivity index is 0.00000289.